The molecular weight excluding hydrogens is 346 g/mol. The van der Waals surface area contributed by atoms with Gasteiger partial charge in [0.1, 0.15) is 11.9 Å². The van der Waals surface area contributed by atoms with Crippen LogP contribution in [0.1, 0.15) is 19.4 Å². The lowest BCUT2D eigenvalue weighted by molar-refractivity contribution is -0.385. The summed E-state index contributed by atoms with van der Waals surface area (Å²) in [5.74, 6) is -0.915. The first-order valence-electron chi connectivity index (χ1n) is 8.23. The van der Waals surface area contributed by atoms with Gasteiger partial charge in [0.25, 0.3) is 5.69 Å². The molecule has 140 valence electrons. The largest absolute Gasteiger partial charge is 0.486 e. The maximum absolute atomic E-state index is 11.4. The number of nitrogens with zero attached hydrogens (tertiary/aromatic N) is 1. The average Bonchev–Trinajstić information content (AvgIpc) is 3.13. The van der Waals surface area contributed by atoms with E-state index < -0.39 is 47.5 Å². The standard InChI is InChI=1S/C17H19NO8/c1-16(2)25-14-15(26-16)24-13-11(8-19)23-12(17(13,14)20)7-9-5-3-4-6-10(9)18(21)22/h3-7,11,13-15,19-20H,8H2,1-2H3/b12-7+/t11-,13-,14+,15-,17-/m1/s1. The molecular formula is C17H19NO8. The normalized spacial score (nSPS) is 38.8. The second-order valence-corrected chi connectivity index (χ2v) is 6.97. The topological polar surface area (TPSA) is 121 Å². The van der Waals surface area contributed by atoms with Crippen molar-refractivity contribution in [2.24, 2.45) is 0 Å². The molecule has 0 amide bonds. The van der Waals surface area contributed by atoms with Crippen LogP contribution in [0.5, 0.6) is 0 Å². The highest BCUT2D eigenvalue weighted by Gasteiger charge is 2.70. The number of benzene rings is 1. The van der Waals surface area contributed by atoms with E-state index >= 15 is 0 Å². The fourth-order valence-corrected chi connectivity index (χ4v) is 3.71. The number of hydrogen-bond acceptors (Lipinski definition) is 8. The summed E-state index contributed by atoms with van der Waals surface area (Å²) in [5.41, 5.74) is -1.59. The molecule has 9 nitrogen and oxygen atoms in total. The van der Waals surface area contributed by atoms with Gasteiger partial charge in [0, 0.05) is 6.07 Å². The predicted octanol–water partition coefficient (Wildman–Crippen LogP) is 0.934. The van der Waals surface area contributed by atoms with Crippen LogP contribution in [0.3, 0.4) is 0 Å². The SMILES string of the molecule is CC1(C)O[C@H]2O[C@@H]3[C@@H](CO)O/C(=C/c4ccccc4[N+](=O)[O-])[C@]3(O)[C@H]2O1. The number of fused-ring (bicyclic) bond motifs is 3. The predicted molar refractivity (Wildman–Crippen MR) is 86.7 cm³/mol. The zero-order chi connectivity index (χ0) is 18.7. The number of rotatable bonds is 3. The van der Waals surface area contributed by atoms with E-state index in [4.69, 9.17) is 18.9 Å². The first-order valence-corrected chi connectivity index (χ1v) is 8.23. The lowest BCUT2D eigenvalue weighted by Gasteiger charge is -2.27. The number of nitro groups is 1. The Labute approximate surface area is 148 Å². The number of ether oxygens (including phenoxy) is 4. The molecule has 4 rings (SSSR count). The Hall–Kier alpha value is -2.04. The van der Waals surface area contributed by atoms with Crippen LogP contribution in [0, 0.1) is 10.1 Å². The van der Waals surface area contributed by atoms with Crippen LogP contribution in [-0.2, 0) is 18.9 Å². The van der Waals surface area contributed by atoms with Gasteiger partial charge in [-0.05, 0) is 26.0 Å². The summed E-state index contributed by atoms with van der Waals surface area (Å²) in [6.07, 6.45) is -2.07. The Morgan fingerprint density at radius 2 is 2.00 bits per heavy atom. The number of aliphatic hydroxyl groups excluding tert-OH is 1. The van der Waals surface area contributed by atoms with Gasteiger partial charge in [-0.3, -0.25) is 10.1 Å². The molecule has 3 fully saturated rings. The van der Waals surface area contributed by atoms with Gasteiger partial charge in [0.15, 0.2) is 29.9 Å². The lowest BCUT2D eigenvalue weighted by atomic mass is 9.89. The monoisotopic (exact) mass is 365 g/mol. The van der Waals surface area contributed by atoms with Crippen molar-refractivity contribution in [3.63, 3.8) is 0 Å². The Morgan fingerprint density at radius 3 is 2.69 bits per heavy atom. The van der Waals surface area contributed by atoms with Crippen LogP contribution in [0.4, 0.5) is 5.69 Å². The second kappa shape index (κ2) is 5.73. The van der Waals surface area contributed by atoms with Gasteiger partial charge in [-0.2, -0.15) is 0 Å². The average molecular weight is 365 g/mol. The maximum Gasteiger partial charge on any atom is 0.276 e. The molecule has 0 unspecified atom stereocenters. The minimum Gasteiger partial charge on any atom is -0.486 e. The van der Waals surface area contributed by atoms with Crippen molar-refractivity contribution in [3.05, 3.63) is 45.7 Å². The first-order chi connectivity index (χ1) is 12.3. The van der Waals surface area contributed by atoms with Gasteiger partial charge >= 0.3 is 0 Å². The van der Waals surface area contributed by atoms with Crippen molar-refractivity contribution in [2.45, 2.75) is 49.8 Å². The van der Waals surface area contributed by atoms with Crippen LogP contribution in [0.2, 0.25) is 0 Å². The van der Waals surface area contributed by atoms with E-state index in [0.717, 1.165) is 0 Å². The summed E-state index contributed by atoms with van der Waals surface area (Å²) in [4.78, 5) is 10.7. The van der Waals surface area contributed by atoms with Crippen molar-refractivity contribution in [2.75, 3.05) is 6.61 Å². The zero-order valence-corrected chi connectivity index (χ0v) is 14.2. The molecule has 5 atom stereocenters. The Kier molecular flexibility index (Phi) is 3.83. The summed E-state index contributed by atoms with van der Waals surface area (Å²) in [6.45, 7) is 2.99. The van der Waals surface area contributed by atoms with Crippen molar-refractivity contribution in [3.8, 4) is 0 Å². The van der Waals surface area contributed by atoms with E-state index in [1.807, 2.05) is 0 Å². The molecule has 0 radical (unpaired) electrons. The number of para-hydroxylation sites is 1. The molecule has 3 heterocycles. The minimum atomic E-state index is -1.73. The molecule has 3 aliphatic rings. The molecule has 0 bridgehead atoms. The molecule has 9 heteroatoms. The number of aliphatic hydroxyl groups is 2. The number of hydrogen-bond donors (Lipinski definition) is 2. The van der Waals surface area contributed by atoms with E-state index in [2.05, 4.69) is 0 Å². The summed E-state index contributed by atoms with van der Waals surface area (Å²) in [5, 5.41) is 32.2. The van der Waals surface area contributed by atoms with E-state index in [0.29, 0.717) is 0 Å². The molecule has 26 heavy (non-hydrogen) atoms. The Bertz CT molecular complexity index is 778. The number of nitro benzene ring substituents is 1. The van der Waals surface area contributed by atoms with E-state index in [-0.39, 0.29) is 17.0 Å². The summed E-state index contributed by atoms with van der Waals surface area (Å²) in [6, 6.07) is 6.10. The first kappa shape index (κ1) is 17.4. The Balaban J connectivity index is 1.78. The molecule has 0 aliphatic carbocycles. The molecule has 3 saturated heterocycles. The van der Waals surface area contributed by atoms with Crippen LogP contribution < -0.4 is 0 Å². The van der Waals surface area contributed by atoms with Crippen LogP contribution in [-0.4, -0.2) is 57.7 Å². The third-order valence-electron chi connectivity index (χ3n) is 4.82. The third kappa shape index (κ3) is 2.43. The van der Waals surface area contributed by atoms with Crippen molar-refractivity contribution in [1.29, 1.82) is 0 Å². The van der Waals surface area contributed by atoms with Gasteiger partial charge < -0.3 is 29.2 Å². The molecule has 3 aliphatic heterocycles. The van der Waals surface area contributed by atoms with Gasteiger partial charge in [-0.1, -0.05) is 12.1 Å². The van der Waals surface area contributed by atoms with Crippen molar-refractivity contribution >= 4 is 11.8 Å². The molecule has 0 aromatic heterocycles. The second-order valence-electron chi connectivity index (χ2n) is 6.97. The molecule has 1 aromatic carbocycles. The highest BCUT2D eigenvalue weighted by atomic mass is 16.8. The summed E-state index contributed by atoms with van der Waals surface area (Å²) >= 11 is 0. The minimum absolute atomic E-state index is 0.0460. The molecule has 0 saturated carbocycles. The maximum atomic E-state index is 11.4. The highest BCUT2D eigenvalue weighted by Crippen LogP contribution is 2.52. The van der Waals surface area contributed by atoms with Crippen LogP contribution in [0.25, 0.3) is 6.08 Å². The quantitative estimate of drug-likeness (QED) is 0.600. The molecule has 0 spiro atoms. The zero-order valence-electron chi connectivity index (χ0n) is 14.2. The lowest BCUT2D eigenvalue weighted by Crippen LogP contribution is -2.49. The summed E-state index contributed by atoms with van der Waals surface area (Å²) in [7, 11) is 0. The van der Waals surface area contributed by atoms with Gasteiger partial charge in [0.05, 0.1) is 17.1 Å². The molecule has 2 N–H and O–H groups in total. The van der Waals surface area contributed by atoms with Gasteiger partial charge in [-0.25, -0.2) is 0 Å². The van der Waals surface area contributed by atoms with E-state index in [1.165, 1.54) is 12.1 Å². The van der Waals surface area contributed by atoms with E-state index in [9.17, 15) is 20.3 Å². The van der Waals surface area contributed by atoms with Gasteiger partial charge in [-0.15, -0.1) is 0 Å². The van der Waals surface area contributed by atoms with Crippen LogP contribution in [0.15, 0.2) is 30.0 Å². The Morgan fingerprint density at radius 1 is 1.27 bits per heavy atom. The fourth-order valence-electron chi connectivity index (χ4n) is 3.71. The highest BCUT2D eigenvalue weighted by molar-refractivity contribution is 5.64. The van der Waals surface area contributed by atoms with E-state index in [1.54, 1.807) is 32.0 Å². The van der Waals surface area contributed by atoms with Crippen LogP contribution >= 0.6 is 0 Å². The third-order valence-corrected chi connectivity index (χ3v) is 4.82. The van der Waals surface area contributed by atoms with Crippen molar-refractivity contribution < 1.29 is 34.1 Å². The smallest absolute Gasteiger partial charge is 0.276 e. The molecule has 1 aromatic rings. The van der Waals surface area contributed by atoms with Crippen molar-refractivity contribution in [1.82, 2.24) is 0 Å². The van der Waals surface area contributed by atoms with Gasteiger partial charge in [0.2, 0.25) is 0 Å². The fraction of sp³-hybridized carbons (Fsp3) is 0.529. The summed E-state index contributed by atoms with van der Waals surface area (Å²) < 4.78 is 22.9.